The van der Waals surface area contributed by atoms with Gasteiger partial charge in [0, 0.05) is 30.4 Å². The largest absolute Gasteiger partial charge is 0.468 e. The molecular weight excluding hydrogens is 501 g/mol. The summed E-state index contributed by atoms with van der Waals surface area (Å²) in [6.07, 6.45) is 0.829. The van der Waals surface area contributed by atoms with E-state index < -0.39 is 12.2 Å². The Hall–Kier alpha value is -5.03. The Balaban J connectivity index is 1.37. The zero-order chi connectivity index (χ0) is 27.5. The van der Waals surface area contributed by atoms with Gasteiger partial charge in [-0.3, -0.25) is 9.88 Å². The van der Waals surface area contributed by atoms with E-state index in [4.69, 9.17) is 9.72 Å². The summed E-state index contributed by atoms with van der Waals surface area (Å²) in [4.78, 5) is 40.1. The highest BCUT2D eigenvalue weighted by atomic mass is 19.1. The number of nitriles is 1. The third-order valence-electron chi connectivity index (χ3n) is 6.71. The molecule has 0 aliphatic carbocycles. The Bertz CT molecular complexity index is 1560. The number of halogens is 1. The molecule has 10 nitrogen and oxygen atoms in total. The number of fused-ring (bicyclic) bond motifs is 1. The number of nitrogens with one attached hydrogen (secondary N) is 1. The van der Waals surface area contributed by atoms with Crippen molar-refractivity contribution in [3.8, 4) is 6.07 Å². The van der Waals surface area contributed by atoms with E-state index in [0.29, 0.717) is 41.3 Å². The van der Waals surface area contributed by atoms with Crippen LogP contribution in [0.2, 0.25) is 0 Å². The SMILES string of the molecule is C[C@H](Nc1nccc(N2C(=C=O)OC[C@@H]2[C@H](C)F)n1)c1ccc2c(n1)CCN(c1cccc(C#N)c1)C2=C=O. The highest BCUT2D eigenvalue weighted by Crippen LogP contribution is 2.33. The van der Waals surface area contributed by atoms with Gasteiger partial charge in [0.1, 0.15) is 30.3 Å². The molecule has 1 aromatic carbocycles. The van der Waals surface area contributed by atoms with Gasteiger partial charge < -0.3 is 15.0 Å². The van der Waals surface area contributed by atoms with E-state index >= 15 is 0 Å². The van der Waals surface area contributed by atoms with Gasteiger partial charge in [-0.05, 0) is 50.2 Å². The molecule has 2 aliphatic heterocycles. The van der Waals surface area contributed by atoms with Crippen LogP contribution in [-0.4, -0.2) is 52.2 Å². The lowest BCUT2D eigenvalue weighted by atomic mass is 9.99. The average molecular weight is 526 g/mol. The second-order valence-electron chi connectivity index (χ2n) is 9.18. The molecule has 4 heterocycles. The van der Waals surface area contributed by atoms with Crippen molar-refractivity contribution in [2.24, 2.45) is 0 Å². The molecule has 0 saturated carbocycles. The zero-order valence-corrected chi connectivity index (χ0v) is 21.3. The number of rotatable bonds is 6. The number of pyridine rings is 1. The number of aromatic nitrogens is 3. The van der Waals surface area contributed by atoms with Crippen molar-refractivity contribution < 1.29 is 18.7 Å². The van der Waals surface area contributed by atoms with Gasteiger partial charge in [-0.1, -0.05) is 6.07 Å². The molecule has 2 aliphatic rings. The van der Waals surface area contributed by atoms with E-state index in [0.717, 1.165) is 11.4 Å². The highest BCUT2D eigenvalue weighted by molar-refractivity contribution is 5.97. The summed E-state index contributed by atoms with van der Waals surface area (Å²) < 4.78 is 19.4. The van der Waals surface area contributed by atoms with Crippen molar-refractivity contribution in [2.75, 3.05) is 28.3 Å². The molecule has 3 aromatic rings. The van der Waals surface area contributed by atoms with E-state index in [1.165, 1.54) is 18.0 Å². The molecule has 0 amide bonds. The van der Waals surface area contributed by atoms with Crippen molar-refractivity contribution >= 4 is 35.0 Å². The number of alkyl halides is 1. The minimum absolute atomic E-state index is 0.0167. The molecule has 0 bridgehead atoms. The van der Waals surface area contributed by atoms with Crippen LogP contribution in [0, 0.1) is 11.3 Å². The number of hydrogen-bond donors (Lipinski definition) is 1. The first-order valence-electron chi connectivity index (χ1n) is 12.4. The van der Waals surface area contributed by atoms with Gasteiger partial charge in [0.2, 0.25) is 5.95 Å². The molecule has 11 heteroatoms. The van der Waals surface area contributed by atoms with Crippen molar-refractivity contribution in [1.82, 2.24) is 15.0 Å². The first-order valence-corrected chi connectivity index (χ1v) is 12.4. The van der Waals surface area contributed by atoms with Gasteiger partial charge in [0.05, 0.1) is 29.1 Å². The maximum absolute atomic E-state index is 14.2. The molecule has 0 unspecified atom stereocenters. The van der Waals surface area contributed by atoms with E-state index in [1.54, 1.807) is 30.2 Å². The number of hydrogen-bond acceptors (Lipinski definition) is 10. The first kappa shape index (κ1) is 25.6. The number of carbonyl (C=O) groups excluding carboxylic acids is 2. The fourth-order valence-corrected chi connectivity index (χ4v) is 4.72. The normalized spacial score (nSPS) is 17.8. The lowest BCUT2D eigenvalue weighted by Crippen LogP contribution is -2.37. The summed E-state index contributed by atoms with van der Waals surface area (Å²) in [7, 11) is 0. The van der Waals surface area contributed by atoms with Crippen LogP contribution in [0.4, 0.5) is 21.8 Å². The lowest BCUT2D eigenvalue weighted by Gasteiger charge is -2.31. The molecule has 0 spiro atoms. The lowest BCUT2D eigenvalue weighted by molar-refractivity contribution is 0.223. The maximum atomic E-state index is 14.2. The third-order valence-corrected chi connectivity index (χ3v) is 6.71. The fourth-order valence-electron chi connectivity index (χ4n) is 4.72. The molecule has 2 aromatic heterocycles. The number of nitrogens with zero attached hydrogens (tertiary/aromatic N) is 6. The van der Waals surface area contributed by atoms with Gasteiger partial charge >= 0.3 is 0 Å². The number of ether oxygens (including phenoxy) is 1. The molecule has 5 rings (SSSR count). The van der Waals surface area contributed by atoms with Crippen LogP contribution in [0.3, 0.4) is 0 Å². The summed E-state index contributed by atoms with van der Waals surface area (Å²) in [6.45, 7) is 3.82. The molecule has 1 fully saturated rings. The van der Waals surface area contributed by atoms with Crippen molar-refractivity contribution in [3.63, 3.8) is 0 Å². The zero-order valence-electron chi connectivity index (χ0n) is 21.3. The van der Waals surface area contributed by atoms with Gasteiger partial charge in [-0.15, -0.1) is 0 Å². The summed E-state index contributed by atoms with van der Waals surface area (Å²) in [5.41, 5.74) is 3.77. The van der Waals surface area contributed by atoms with Crippen LogP contribution < -0.4 is 15.1 Å². The molecule has 1 saturated heterocycles. The summed E-state index contributed by atoms with van der Waals surface area (Å²) >= 11 is 0. The predicted molar refractivity (Wildman–Crippen MR) is 142 cm³/mol. The Labute approximate surface area is 224 Å². The molecule has 0 radical (unpaired) electrons. The van der Waals surface area contributed by atoms with Gasteiger partial charge in [-0.25, -0.2) is 19.0 Å². The Kier molecular flexibility index (Phi) is 7.06. The topological polar surface area (TPSA) is 124 Å². The quantitative estimate of drug-likeness (QED) is 0.479. The maximum Gasteiger partial charge on any atom is 0.284 e. The fraction of sp³-hybridized carbons (Fsp3) is 0.286. The Morgan fingerprint density at radius 3 is 2.74 bits per heavy atom. The van der Waals surface area contributed by atoms with Gasteiger partial charge in [0.25, 0.3) is 5.88 Å². The third kappa shape index (κ3) is 4.94. The van der Waals surface area contributed by atoms with Crippen molar-refractivity contribution in [2.45, 2.75) is 38.5 Å². The van der Waals surface area contributed by atoms with E-state index in [1.807, 2.05) is 30.0 Å². The van der Waals surface area contributed by atoms with Crippen LogP contribution in [0.1, 0.15) is 42.4 Å². The van der Waals surface area contributed by atoms with E-state index in [-0.39, 0.29) is 24.5 Å². The van der Waals surface area contributed by atoms with E-state index in [2.05, 4.69) is 27.3 Å². The minimum Gasteiger partial charge on any atom is -0.468 e. The smallest absolute Gasteiger partial charge is 0.284 e. The Morgan fingerprint density at radius 2 is 2.00 bits per heavy atom. The standard InChI is InChI=1S/C28H24FN7O3/c1-17(29)25-16-39-27(15-38)36(25)26-8-10-31-28(34-26)32-18(2)22-7-6-21-23(33-22)9-11-35(24(21)14-37)20-5-3-4-19(12-20)13-30/h3-8,10,12,17-18,25H,9,11,16H2,1-2H3,(H,31,32,34)/t17-,18-,25+/m0/s1. The molecule has 196 valence electrons. The summed E-state index contributed by atoms with van der Waals surface area (Å²) in [5, 5.41) is 12.4. The molecule has 1 N–H and O–H groups in total. The van der Waals surface area contributed by atoms with Gasteiger partial charge in [0.15, 0.2) is 11.9 Å². The monoisotopic (exact) mass is 525 g/mol. The van der Waals surface area contributed by atoms with E-state index in [9.17, 15) is 19.2 Å². The number of anilines is 3. The van der Waals surface area contributed by atoms with Crippen molar-refractivity contribution in [1.29, 1.82) is 5.26 Å². The second kappa shape index (κ2) is 10.8. The second-order valence-corrected chi connectivity index (χ2v) is 9.18. The van der Waals surface area contributed by atoms with Crippen LogP contribution in [0.5, 0.6) is 0 Å². The molecule has 39 heavy (non-hydrogen) atoms. The first-order chi connectivity index (χ1) is 18.9. The highest BCUT2D eigenvalue weighted by Gasteiger charge is 2.37. The molecule has 3 atom stereocenters. The Morgan fingerprint density at radius 1 is 1.15 bits per heavy atom. The summed E-state index contributed by atoms with van der Waals surface area (Å²) in [6, 6.07) is 13.4. The summed E-state index contributed by atoms with van der Waals surface area (Å²) in [5.74, 6) is 4.21. The van der Waals surface area contributed by atoms with Crippen LogP contribution in [-0.2, 0) is 20.7 Å². The predicted octanol–water partition coefficient (Wildman–Crippen LogP) is 3.39. The molecular formula is C28H24FN7O3. The minimum atomic E-state index is -1.27. The van der Waals surface area contributed by atoms with Gasteiger partial charge in [-0.2, -0.15) is 10.2 Å². The van der Waals surface area contributed by atoms with Crippen molar-refractivity contribution in [3.05, 3.63) is 77.1 Å². The van der Waals surface area contributed by atoms with Crippen LogP contribution >= 0.6 is 0 Å². The number of benzene rings is 1. The average Bonchev–Trinajstić information content (AvgIpc) is 3.41. The van der Waals surface area contributed by atoms with Crippen LogP contribution in [0.15, 0.2) is 54.5 Å². The van der Waals surface area contributed by atoms with Crippen LogP contribution in [0.25, 0.3) is 5.70 Å².